The minimum atomic E-state index is -0.509. The van der Waals surface area contributed by atoms with Crippen LogP contribution < -0.4 is 0 Å². The molecule has 0 bridgehead atoms. The third kappa shape index (κ3) is 1.57. The van der Waals surface area contributed by atoms with E-state index in [-0.39, 0.29) is 6.42 Å². The Hall–Kier alpha value is -0.940. The van der Waals surface area contributed by atoms with Crippen LogP contribution in [0, 0.1) is 0 Å². The van der Waals surface area contributed by atoms with Crippen molar-refractivity contribution in [1.82, 2.24) is 4.98 Å². The zero-order valence-corrected chi connectivity index (χ0v) is 7.89. The molecule has 68 valence electrons. The van der Waals surface area contributed by atoms with E-state index < -0.39 is 17.9 Å². The Morgan fingerprint density at radius 2 is 2.38 bits per heavy atom. The normalized spacial score (nSPS) is 22.1. The van der Waals surface area contributed by atoms with Crippen molar-refractivity contribution in [2.45, 2.75) is 12.3 Å². The molecule has 1 aromatic rings. The van der Waals surface area contributed by atoms with Crippen molar-refractivity contribution in [3.63, 3.8) is 0 Å². The van der Waals surface area contributed by atoms with Crippen LogP contribution in [-0.2, 0) is 14.3 Å². The van der Waals surface area contributed by atoms with Gasteiger partial charge in [0.25, 0.3) is 0 Å². The summed E-state index contributed by atoms with van der Waals surface area (Å²) in [6, 6.07) is 0. The summed E-state index contributed by atoms with van der Waals surface area (Å²) in [6.45, 7) is 0. The highest BCUT2D eigenvalue weighted by Crippen LogP contribution is 2.32. The molecule has 1 aromatic heterocycles. The Labute approximate surface area is 82.5 Å². The molecule has 6 heteroatoms. The lowest BCUT2D eigenvalue weighted by Gasteiger charge is -1.96. The molecule has 1 aliphatic heterocycles. The Kier molecular flexibility index (Phi) is 2.05. The number of rotatable bonds is 1. The first-order chi connectivity index (χ1) is 6.16. The van der Waals surface area contributed by atoms with Crippen molar-refractivity contribution in [3.8, 4) is 0 Å². The zero-order valence-electron chi connectivity index (χ0n) is 6.32. The summed E-state index contributed by atoms with van der Waals surface area (Å²) in [5, 5.41) is 0. The highest BCUT2D eigenvalue weighted by Gasteiger charge is 2.35. The minimum Gasteiger partial charge on any atom is -0.393 e. The Morgan fingerprint density at radius 1 is 1.62 bits per heavy atom. The molecule has 0 saturated carbocycles. The fourth-order valence-corrected chi connectivity index (χ4v) is 2.16. The summed E-state index contributed by atoms with van der Waals surface area (Å²) in [7, 11) is 0. The van der Waals surface area contributed by atoms with E-state index in [0.717, 1.165) is 0 Å². The van der Waals surface area contributed by atoms with Crippen LogP contribution in [0.4, 0.5) is 0 Å². The lowest BCUT2D eigenvalue weighted by Crippen LogP contribution is -2.03. The predicted octanol–water partition coefficient (Wildman–Crippen LogP) is 1.35. The van der Waals surface area contributed by atoms with Crippen LogP contribution >= 0.6 is 22.9 Å². The van der Waals surface area contributed by atoms with Crippen LogP contribution in [0.25, 0.3) is 0 Å². The molecule has 2 heterocycles. The molecule has 4 nitrogen and oxygen atoms in total. The van der Waals surface area contributed by atoms with Crippen LogP contribution in [0.2, 0.25) is 4.47 Å². The number of ether oxygens (including phenoxy) is 1. The van der Waals surface area contributed by atoms with Crippen molar-refractivity contribution in [2.24, 2.45) is 0 Å². The molecule has 1 unspecified atom stereocenters. The summed E-state index contributed by atoms with van der Waals surface area (Å²) in [5.41, 5.74) is 0. The van der Waals surface area contributed by atoms with Crippen LogP contribution in [0.15, 0.2) is 6.20 Å². The van der Waals surface area contributed by atoms with Gasteiger partial charge in [0.05, 0.1) is 6.42 Å². The second kappa shape index (κ2) is 3.08. The first kappa shape index (κ1) is 8.65. The van der Waals surface area contributed by atoms with Crippen LogP contribution in [-0.4, -0.2) is 16.9 Å². The number of hydrogen-bond acceptors (Lipinski definition) is 5. The summed E-state index contributed by atoms with van der Waals surface area (Å²) in [4.78, 5) is 26.3. The van der Waals surface area contributed by atoms with Crippen molar-refractivity contribution < 1.29 is 14.3 Å². The van der Waals surface area contributed by atoms with Gasteiger partial charge in [0.15, 0.2) is 4.47 Å². The molecule has 0 aromatic carbocycles. The van der Waals surface area contributed by atoms with E-state index >= 15 is 0 Å². The number of thiazole rings is 1. The summed E-state index contributed by atoms with van der Waals surface area (Å²) < 4.78 is 4.76. The van der Waals surface area contributed by atoms with Crippen LogP contribution in [0.1, 0.15) is 17.2 Å². The fourth-order valence-electron chi connectivity index (χ4n) is 1.12. The number of nitrogens with zero attached hydrogens (tertiary/aromatic N) is 1. The van der Waals surface area contributed by atoms with Gasteiger partial charge in [-0.1, -0.05) is 11.6 Å². The van der Waals surface area contributed by atoms with Crippen LogP contribution in [0.3, 0.4) is 0 Å². The number of aromatic nitrogens is 1. The van der Waals surface area contributed by atoms with Gasteiger partial charge in [0.1, 0.15) is 5.92 Å². The van der Waals surface area contributed by atoms with Gasteiger partial charge in [-0.2, -0.15) is 0 Å². The third-order valence-corrected chi connectivity index (χ3v) is 2.94. The number of hydrogen-bond donors (Lipinski definition) is 0. The highest BCUT2D eigenvalue weighted by molar-refractivity contribution is 7.15. The molecular weight excluding hydrogens is 214 g/mol. The molecule has 0 aliphatic carbocycles. The van der Waals surface area contributed by atoms with E-state index in [2.05, 4.69) is 9.72 Å². The zero-order chi connectivity index (χ0) is 9.42. The van der Waals surface area contributed by atoms with Crippen molar-refractivity contribution in [1.29, 1.82) is 0 Å². The average molecular weight is 218 g/mol. The van der Waals surface area contributed by atoms with Gasteiger partial charge in [-0.25, -0.2) is 4.98 Å². The third-order valence-electron chi connectivity index (χ3n) is 1.71. The number of cyclic esters (lactones) is 2. The van der Waals surface area contributed by atoms with Gasteiger partial charge in [0, 0.05) is 11.1 Å². The number of halogens is 1. The molecule has 13 heavy (non-hydrogen) atoms. The molecule has 1 aliphatic rings. The van der Waals surface area contributed by atoms with Gasteiger partial charge in [-0.05, 0) is 0 Å². The largest absolute Gasteiger partial charge is 0.393 e. The molecule has 0 N–H and O–H groups in total. The summed E-state index contributed by atoms with van der Waals surface area (Å²) in [5.74, 6) is -1.50. The first-order valence-corrected chi connectivity index (χ1v) is 4.72. The molecule has 2 rings (SSSR count). The maximum atomic E-state index is 11.1. The maximum absolute atomic E-state index is 11.1. The van der Waals surface area contributed by atoms with Gasteiger partial charge >= 0.3 is 11.9 Å². The average Bonchev–Trinajstić information content (AvgIpc) is 2.58. The Bertz CT molecular complexity index is 376. The molecule has 0 amide bonds. The smallest absolute Gasteiger partial charge is 0.322 e. The van der Waals surface area contributed by atoms with E-state index in [9.17, 15) is 9.59 Å². The monoisotopic (exact) mass is 217 g/mol. The number of carbonyl (C=O) groups excluding carboxylic acids is 2. The number of carbonyl (C=O) groups is 2. The van der Waals surface area contributed by atoms with Gasteiger partial charge < -0.3 is 4.74 Å². The minimum absolute atomic E-state index is 0.0946. The fraction of sp³-hybridized carbons (Fsp3) is 0.286. The van der Waals surface area contributed by atoms with Gasteiger partial charge in [-0.15, -0.1) is 11.3 Å². The van der Waals surface area contributed by atoms with E-state index in [0.29, 0.717) is 9.34 Å². The second-order valence-corrected chi connectivity index (χ2v) is 4.21. The topological polar surface area (TPSA) is 56.3 Å². The van der Waals surface area contributed by atoms with E-state index in [1.165, 1.54) is 17.5 Å². The molecule has 0 radical (unpaired) electrons. The predicted molar refractivity (Wildman–Crippen MR) is 45.6 cm³/mol. The summed E-state index contributed by atoms with van der Waals surface area (Å²) >= 11 is 6.79. The van der Waals surface area contributed by atoms with Crippen molar-refractivity contribution >= 4 is 34.9 Å². The Morgan fingerprint density at radius 3 is 2.85 bits per heavy atom. The van der Waals surface area contributed by atoms with E-state index in [1.807, 2.05) is 0 Å². The molecular formula is C7H4ClNO3S. The van der Waals surface area contributed by atoms with Crippen molar-refractivity contribution in [2.75, 3.05) is 0 Å². The molecule has 1 saturated heterocycles. The second-order valence-electron chi connectivity index (χ2n) is 2.57. The van der Waals surface area contributed by atoms with Gasteiger partial charge in [0.2, 0.25) is 0 Å². The maximum Gasteiger partial charge on any atom is 0.322 e. The first-order valence-electron chi connectivity index (χ1n) is 3.52. The molecule has 1 atom stereocenters. The SMILES string of the molecule is O=C1CC(c2cnc(Cl)s2)C(=O)O1. The Balaban J connectivity index is 2.27. The van der Waals surface area contributed by atoms with Crippen molar-refractivity contribution in [3.05, 3.63) is 15.5 Å². The van der Waals surface area contributed by atoms with Gasteiger partial charge in [-0.3, -0.25) is 9.59 Å². The molecule has 1 fully saturated rings. The number of esters is 2. The standard InChI is InChI=1S/C7H4ClNO3S/c8-7-9-2-4(13-7)3-1-5(10)12-6(3)11/h2-3H,1H2. The summed E-state index contributed by atoms with van der Waals surface area (Å²) in [6.07, 6.45) is 1.59. The molecule has 0 spiro atoms. The van der Waals surface area contributed by atoms with E-state index in [1.54, 1.807) is 0 Å². The van der Waals surface area contributed by atoms with E-state index in [4.69, 9.17) is 11.6 Å². The lowest BCUT2D eigenvalue weighted by molar-refractivity contribution is -0.152. The highest BCUT2D eigenvalue weighted by atomic mass is 35.5. The lowest BCUT2D eigenvalue weighted by atomic mass is 10.1. The van der Waals surface area contributed by atoms with Crippen LogP contribution in [0.5, 0.6) is 0 Å². The quantitative estimate of drug-likeness (QED) is 0.526.